The summed E-state index contributed by atoms with van der Waals surface area (Å²) in [6, 6.07) is 13.2. The highest BCUT2D eigenvalue weighted by Gasteiger charge is 2.17. The average Bonchev–Trinajstić information content (AvgIpc) is 3.21. The number of piperidine rings is 1. The van der Waals surface area contributed by atoms with Crippen LogP contribution in [0.15, 0.2) is 42.5 Å². The van der Waals surface area contributed by atoms with E-state index in [1.807, 2.05) is 12.1 Å². The molecule has 0 aromatic heterocycles. The number of rotatable bonds is 5. The number of carbonyl (C=O) groups is 2. The number of nitrogens with zero attached hydrogens (tertiary/aromatic N) is 1. The quantitative estimate of drug-likeness (QED) is 0.761. The van der Waals surface area contributed by atoms with Gasteiger partial charge < -0.3 is 20.1 Å². The molecule has 2 aliphatic rings. The molecule has 0 aliphatic carbocycles. The monoisotopic (exact) mass is 395 g/mol. The molecule has 4 rings (SSSR count). The predicted octanol–water partition coefficient (Wildman–Crippen LogP) is 2.66. The van der Waals surface area contributed by atoms with E-state index in [4.69, 9.17) is 9.47 Å². The molecule has 1 saturated heterocycles. The van der Waals surface area contributed by atoms with Gasteiger partial charge in [-0.2, -0.15) is 0 Å². The van der Waals surface area contributed by atoms with Crippen molar-refractivity contribution in [3.63, 3.8) is 0 Å². The van der Waals surface area contributed by atoms with Crippen LogP contribution >= 0.6 is 0 Å². The van der Waals surface area contributed by atoms with Gasteiger partial charge in [-0.05, 0) is 49.2 Å². The highest BCUT2D eigenvalue weighted by Crippen LogP contribution is 2.34. The van der Waals surface area contributed by atoms with Crippen molar-refractivity contribution in [2.75, 3.05) is 25.2 Å². The van der Waals surface area contributed by atoms with Crippen molar-refractivity contribution in [2.24, 2.45) is 0 Å². The van der Waals surface area contributed by atoms with Gasteiger partial charge in [-0.3, -0.25) is 14.5 Å². The summed E-state index contributed by atoms with van der Waals surface area (Å²) in [6.07, 6.45) is 3.88. The van der Waals surface area contributed by atoms with Crippen LogP contribution in [0.1, 0.15) is 30.4 Å². The summed E-state index contributed by atoms with van der Waals surface area (Å²) < 4.78 is 10.5. The Morgan fingerprint density at radius 3 is 2.38 bits per heavy atom. The molecular weight excluding hydrogens is 370 g/mol. The topological polar surface area (TPSA) is 79.9 Å². The number of fused-ring (bicyclic) bond motifs is 1. The molecule has 7 heteroatoms. The van der Waals surface area contributed by atoms with E-state index < -0.39 is 11.8 Å². The maximum absolute atomic E-state index is 12.1. The van der Waals surface area contributed by atoms with Crippen LogP contribution < -0.4 is 20.1 Å². The third-order valence-corrected chi connectivity index (χ3v) is 5.17. The smallest absolute Gasteiger partial charge is 0.313 e. The summed E-state index contributed by atoms with van der Waals surface area (Å²) in [5, 5.41) is 5.23. The van der Waals surface area contributed by atoms with Crippen molar-refractivity contribution in [1.29, 1.82) is 0 Å². The van der Waals surface area contributed by atoms with Crippen molar-refractivity contribution in [1.82, 2.24) is 10.2 Å². The first-order chi connectivity index (χ1) is 14.2. The van der Waals surface area contributed by atoms with E-state index in [0.717, 1.165) is 25.2 Å². The summed E-state index contributed by atoms with van der Waals surface area (Å²) >= 11 is 0. The maximum atomic E-state index is 12.1. The van der Waals surface area contributed by atoms with E-state index in [1.165, 1.54) is 24.8 Å². The van der Waals surface area contributed by atoms with Crippen LogP contribution in [0.3, 0.4) is 0 Å². The fourth-order valence-corrected chi connectivity index (χ4v) is 3.56. The zero-order valence-corrected chi connectivity index (χ0v) is 16.3. The Bertz CT molecular complexity index is 876. The Balaban J connectivity index is 1.24. The van der Waals surface area contributed by atoms with Crippen LogP contribution in [-0.4, -0.2) is 36.6 Å². The molecule has 2 aromatic rings. The number of likely N-dealkylation sites (tertiary alicyclic amines) is 1. The number of ether oxygens (including phenoxy) is 2. The van der Waals surface area contributed by atoms with Gasteiger partial charge in [-0.25, -0.2) is 0 Å². The molecule has 0 radical (unpaired) electrons. The molecule has 152 valence electrons. The van der Waals surface area contributed by atoms with Crippen molar-refractivity contribution >= 4 is 17.5 Å². The largest absolute Gasteiger partial charge is 0.454 e. The van der Waals surface area contributed by atoms with Crippen LogP contribution in [0.4, 0.5) is 5.69 Å². The third kappa shape index (κ3) is 5.06. The van der Waals surface area contributed by atoms with E-state index in [-0.39, 0.29) is 6.79 Å². The molecule has 2 amide bonds. The Hall–Kier alpha value is -3.06. The van der Waals surface area contributed by atoms with Gasteiger partial charge >= 0.3 is 11.8 Å². The lowest BCUT2D eigenvalue weighted by atomic mass is 10.1. The summed E-state index contributed by atoms with van der Waals surface area (Å²) in [4.78, 5) is 26.7. The second-order valence-electron chi connectivity index (χ2n) is 7.36. The fraction of sp³-hybridized carbons (Fsp3) is 0.364. The van der Waals surface area contributed by atoms with Crippen LogP contribution in [-0.2, 0) is 22.7 Å². The third-order valence-electron chi connectivity index (χ3n) is 5.17. The fourth-order valence-electron chi connectivity index (χ4n) is 3.56. The second kappa shape index (κ2) is 8.96. The van der Waals surface area contributed by atoms with Crippen LogP contribution in [0, 0.1) is 0 Å². The Morgan fingerprint density at radius 2 is 1.59 bits per heavy atom. The normalized spacial score (nSPS) is 15.7. The minimum Gasteiger partial charge on any atom is -0.454 e. The highest BCUT2D eigenvalue weighted by molar-refractivity contribution is 6.39. The SMILES string of the molecule is O=C(NCc1ccc(CN2CCCCC2)cc1)C(=O)Nc1ccc2c(c1)OCO2. The molecule has 29 heavy (non-hydrogen) atoms. The van der Waals surface area contributed by atoms with E-state index in [9.17, 15) is 9.59 Å². The molecule has 0 spiro atoms. The number of amides is 2. The molecule has 7 nitrogen and oxygen atoms in total. The number of nitrogens with one attached hydrogen (secondary N) is 2. The summed E-state index contributed by atoms with van der Waals surface area (Å²) in [5.74, 6) is -0.227. The van der Waals surface area contributed by atoms with E-state index in [2.05, 4.69) is 27.7 Å². The Kier molecular flexibility index (Phi) is 5.95. The van der Waals surface area contributed by atoms with Crippen LogP contribution in [0.25, 0.3) is 0 Å². The Labute approximate surface area is 170 Å². The average molecular weight is 395 g/mol. The molecular formula is C22H25N3O4. The van der Waals surface area contributed by atoms with E-state index in [0.29, 0.717) is 23.7 Å². The first-order valence-electron chi connectivity index (χ1n) is 9.96. The zero-order chi connectivity index (χ0) is 20.1. The molecule has 0 atom stereocenters. The lowest BCUT2D eigenvalue weighted by molar-refractivity contribution is -0.136. The molecule has 2 aromatic carbocycles. The molecule has 0 bridgehead atoms. The van der Waals surface area contributed by atoms with Crippen molar-refractivity contribution in [2.45, 2.75) is 32.4 Å². The molecule has 2 aliphatic heterocycles. The number of hydrogen-bond acceptors (Lipinski definition) is 5. The number of hydrogen-bond donors (Lipinski definition) is 2. The van der Waals surface area contributed by atoms with E-state index in [1.54, 1.807) is 18.2 Å². The van der Waals surface area contributed by atoms with Gasteiger partial charge in [0.25, 0.3) is 0 Å². The van der Waals surface area contributed by atoms with Crippen molar-refractivity contribution in [3.8, 4) is 11.5 Å². The minimum absolute atomic E-state index is 0.157. The molecule has 0 saturated carbocycles. The number of carbonyl (C=O) groups excluding carboxylic acids is 2. The standard InChI is InChI=1S/C22H25N3O4/c26-21(22(27)24-18-8-9-19-20(12-18)29-15-28-19)23-13-16-4-6-17(7-5-16)14-25-10-2-1-3-11-25/h4-9,12H,1-3,10-11,13-15H2,(H,23,26)(H,24,27). The minimum atomic E-state index is -0.717. The molecule has 2 N–H and O–H groups in total. The van der Waals surface area contributed by atoms with Crippen molar-refractivity contribution < 1.29 is 19.1 Å². The molecule has 2 heterocycles. The zero-order valence-electron chi connectivity index (χ0n) is 16.3. The van der Waals surface area contributed by atoms with Gasteiger partial charge in [-0.1, -0.05) is 30.7 Å². The van der Waals surface area contributed by atoms with Gasteiger partial charge in [0, 0.05) is 24.8 Å². The van der Waals surface area contributed by atoms with Gasteiger partial charge in [0.15, 0.2) is 11.5 Å². The predicted molar refractivity (Wildman–Crippen MR) is 109 cm³/mol. The maximum Gasteiger partial charge on any atom is 0.313 e. The summed E-state index contributed by atoms with van der Waals surface area (Å²) in [7, 11) is 0. The van der Waals surface area contributed by atoms with Crippen molar-refractivity contribution in [3.05, 3.63) is 53.6 Å². The van der Waals surface area contributed by atoms with Gasteiger partial charge in [-0.15, -0.1) is 0 Å². The van der Waals surface area contributed by atoms with Crippen LogP contribution in [0.5, 0.6) is 11.5 Å². The molecule has 1 fully saturated rings. The summed E-state index contributed by atoms with van der Waals surface area (Å²) in [6.45, 7) is 3.75. The summed E-state index contributed by atoms with van der Waals surface area (Å²) in [5.41, 5.74) is 2.70. The van der Waals surface area contributed by atoms with Gasteiger partial charge in [0.05, 0.1) is 0 Å². The Morgan fingerprint density at radius 1 is 0.862 bits per heavy atom. The second-order valence-corrected chi connectivity index (χ2v) is 7.36. The van der Waals surface area contributed by atoms with Gasteiger partial charge in [0.1, 0.15) is 0 Å². The molecule has 0 unspecified atom stereocenters. The first kappa shape index (κ1) is 19.3. The lowest BCUT2D eigenvalue weighted by Crippen LogP contribution is -2.34. The van der Waals surface area contributed by atoms with Gasteiger partial charge in [0.2, 0.25) is 6.79 Å². The first-order valence-corrected chi connectivity index (χ1v) is 9.96. The lowest BCUT2D eigenvalue weighted by Gasteiger charge is -2.26. The van der Waals surface area contributed by atoms with Crippen LogP contribution in [0.2, 0.25) is 0 Å². The number of benzene rings is 2. The highest BCUT2D eigenvalue weighted by atomic mass is 16.7. The van der Waals surface area contributed by atoms with E-state index >= 15 is 0 Å². The number of anilines is 1.